The fourth-order valence-corrected chi connectivity index (χ4v) is 4.75. The molecule has 0 radical (unpaired) electrons. The number of carbonyl (C=O) groups excluding carboxylic acids is 1. The zero-order valence-corrected chi connectivity index (χ0v) is 18.0. The van der Waals surface area contributed by atoms with E-state index in [1.54, 1.807) is 18.6 Å². The minimum atomic E-state index is -0.625. The van der Waals surface area contributed by atoms with Crippen LogP contribution in [0.2, 0.25) is 0 Å². The highest BCUT2D eigenvalue weighted by atomic mass is 79.9. The molecule has 2 heterocycles. The molecule has 0 unspecified atom stereocenters. The number of hydrogen-bond acceptors (Lipinski definition) is 3. The number of aromatic nitrogens is 3. The van der Waals surface area contributed by atoms with Crippen molar-refractivity contribution in [2.45, 2.75) is 51.0 Å². The number of benzene rings is 1. The summed E-state index contributed by atoms with van der Waals surface area (Å²) >= 11 is 3.50. The standard InChI is InChI=1S/C23H22BrF2N3O/c24-20-4-3-7-27-23(20)16(8-15-9-17(25)12-18(26)10-15)11-19(30)13-29-14-28-21-5-1-2-6-22(21)29/h3-4,7,9-10,12,14,16H,1-2,5-6,8,11,13H2/t16-/m1/s1. The molecule has 1 aromatic carbocycles. The van der Waals surface area contributed by atoms with Gasteiger partial charge in [-0.05, 0) is 77.9 Å². The molecule has 0 aliphatic heterocycles. The summed E-state index contributed by atoms with van der Waals surface area (Å²) in [5.74, 6) is -1.51. The summed E-state index contributed by atoms with van der Waals surface area (Å²) in [6.45, 7) is 0.251. The number of nitrogens with zero attached hydrogens (tertiary/aromatic N) is 3. The predicted octanol–water partition coefficient (Wildman–Crippen LogP) is 5.18. The molecule has 4 rings (SSSR count). The molecule has 0 spiro atoms. The first-order chi connectivity index (χ1) is 14.5. The van der Waals surface area contributed by atoms with Gasteiger partial charge in [-0.2, -0.15) is 0 Å². The number of halogens is 3. The van der Waals surface area contributed by atoms with Gasteiger partial charge in [0.25, 0.3) is 0 Å². The van der Waals surface area contributed by atoms with E-state index in [4.69, 9.17) is 0 Å². The summed E-state index contributed by atoms with van der Waals surface area (Å²) in [7, 11) is 0. The number of ketones is 1. The Morgan fingerprint density at radius 3 is 2.67 bits per heavy atom. The third kappa shape index (κ3) is 4.83. The summed E-state index contributed by atoms with van der Waals surface area (Å²) < 4.78 is 30.1. The molecule has 0 amide bonds. The normalized spacial score (nSPS) is 14.4. The Bertz CT molecular complexity index is 1050. The molecule has 30 heavy (non-hydrogen) atoms. The van der Waals surface area contributed by atoms with Crippen molar-refractivity contribution in [1.29, 1.82) is 0 Å². The van der Waals surface area contributed by atoms with Gasteiger partial charge < -0.3 is 4.57 Å². The highest BCUT2D eigenvalue weighted by Crippen LogP contribution is 2.30. The molecule has 1 aliphatic carbocycles. The first-order valence-electron chi connectivity index (χ1n) is 10.1. The fourth-order valence-electron chi connectivity index (χ4n) is 4.17. The van der Waals surface area contributed by atoms with Crippen molar-refractivity contribution < 1.29 is 13.6 Å². The quantitative estimate of drug-likeness (QED) is 0.474. The number of hydrogen-bond donors (Lipinski definition) is 0. The first kappa shape index (κ1) is 20.8. The average molecular weight is 474 g/mol. The van der Waals surface area contributed by atoms with Crippen molar-refractivity contribution in [3.63, 3.8) is 0 Å². The number of aryl methyl sites for hydroxylation is 1. The maximum absolute atomic E-state index is 13.7. The molecule has 2 aromatic heterocycles. The number of fused-ring (bicyclic) bond motifs is 1. The Morgan fingerprint density at radius 2 is 1.90 bits per heavy atom. The minimum Gasteiger partial charge on any atom is -0.327 e. The van der Waals surface area contributed by atoms with Crippen LogP contribution in [0.4, 0.5) is 8.78 Å². The van der Waals surface area contributed by atoms with Gasteiger partial charge in [-0.25, -0.2) is 13.8 Å². The lowest BCUT2D eigenvalue weighted by Gasteiger charge is -2.19. The second-order valence-corrected chi connectivity index (χ2v) is 8.62. The Morgan fingerprint density at radius 1 is 1.13 bits per heavy atom. The number of Topliss-reactive ketones (excluding diaryl/α,β-unsaturated/α-hetero) is 1. The monoisotopic (exact) mass is 473 g/mol. The number of carbonyl (C=O) groups is 1. The molecule has 1 atom stereocenters. The van der Waals surface area contributed by atoms with E-state index in [0.717, 1.165) is 47.6 Å². The van der Waals surface area contributed by atoms with Gasteiger partial charge in [-0.15, -0.1) is 0 Å². The van der Waals surface area contributed by atoms with E-state index in [-0.39, 0.29) is 24.7 Å². The van der Waals surface area contributed by atoms with Crippen molar-refractivity contribution in [3.05, 3.63) is 81.6 Å². The highest BCUT2D eigenvalue weighted by molar-refractivity contribution is 9.10. The summed E-state index contributed by atoms with van der Waals surface area (Å²) in [6.07, 6.45) is 8.11. The van der Waals surface area contributed by atoms with Crippen molar-refractivity contribution in [2.24, 2.45) is 0 Å². The Kier molecular flexibility index (Phi) is 6.37. The third-order valence-electron chi connectivity index (χ3n) is 5.51. The second-order valence-electron chi connectivity index (χ2n) is 7.76. The molecule has 0 saturated heterocycles. The van der Waals surface area contributed by atoms with Crippen LogP contribution in [0.25, 0.3) is 0 Å². The van der Waals surface area contributed by atoms with Gasteiger partial charge >= 0.3 is 0 Å². The van der Waals surface area contributed by atoms with Gasteiger partial charge in [-0.3, -0.25) is 9.78 Å². The topological polar surface area (TPSA) is 47.8 Å². The van der Waals surface area contributed by atoms with E-state index >= 15 is 0 Å². The molecular formula is C23H22BrF2N3O. The van der Waals surface area contributed by atoms with Gasteiger partial charge in [0.1, 0.15) is 11.6 Å². The van der Waals surface area contributed by atoms with E-state index in [1.165, 1.54) is 12.1 Å². The van der Waals surface area contributed by atoms with Crippen molar-refractivity contribution in [2.75, 3.05) is 0 Å². The van der Waals surface area contributed by atoms with E-state index in [9.17, 15) is 13.6 Å². The van der Waals surface area contributed by atoms with Gasteiger partial charge in [0.15, 0.2) is 5.78 Å². The van der Waals surface area contributed by atoms with Crippen molar-refractivity contribution in [3.8, 4) is 0 Å². The zero-order valence-electron chi connectivity index (χ0n) is 16.5. The summed E-state index contributed by atoms with van der Waals surface area (Å²) in [6, 6.07) is 7.13. The van der Waals surface area contributed by atoms with Crippen LogP contribution in [-0.2, 0) is 30.6 Å². The van der Waals surface area contributed by atoms with Crippen LogP contribution < -0.4 is 0 Å². The molecule has 0 bridgehead atoms. The largest absolute Gasteiger partial charge is 0.327 e. The van der Waals surface area contributed by atoms with Crippen LogP contribution in [0.5, 0.6) is 0 Å². The van der Waals surface area contributed by atoms with Crippen molar-refractivity contribution in [1.82, 2.24) is 14.5 Å². The van der Waals surface area contributed by atoms with Gasteiger partial charge in [-0.1, -0.05) is 0 Å². The summed E-state index contributed by atoms with van der Waals surface area (Å²) in [4.78, 5) is 21.9. The maximum atomic E-state index is 13.7. The smallest absolute Gasteiger partial charge is 0.153 e. The predicted molar refractivity (Wildman–Crippen MR) is 113 cm³/mol. The lowest BCUT2D eigenvalue weighted by Crippen LogP contribution is -2.18. The molecule has 1 aliphatic rings. The van der Waals surface area contributed by atoms with Crippen LogP contribution in [-0.4, -0.2) is 20.3 Å². The molecule has 4 nitrogen and oxygen atoms in total. The Balaban J connectivity index is 1.55. The van der Waals surface area contributed by atoms with Crippen LogP contribution >= 0.6 is 15.9 Å². The van der Waals surface area contributed by atoms with Gasteiger partial charge in [0.2, 0.25) is 0 Å². The van der Waals surface area contributed by atoms with E-state index < -0.39 is 11.6 Å². The van der Waals surface area contributed by atoms with E-state index in [0.29, 0.717) is 17.7 Å². The summed E-state index contributed by atoms with van der Waals surface area (Å²) in [5, 5.41) is 0. The van der Waals surface area contributed by atoms with Gasteiger partial charge in [0, 0.05) is 34.8 Å². The second kappa shape index (κ2) is 9.16. The number of rotatable bonds is 7. The maximum Gasteiger partial charge on any atom is 0.153 e. The van der Waals surface area contributed by atoms with Crippen LogP contribution in [0.3, 0.4) is 0 Å². The molecule has 0 saturated carbocycles. The molecule has 3 aromatic rings. The lowest BCUT2D eigenvalue weighted by atomic mass is 9.90. The Hall–Kier alpha value is -2.41. The molecule has 0 fully saturated rings. The van der Waals surface area contributed by atoms with Crippen LogP contribution in [0.15, 0.2) is 47.3 Å². The third-order valence-corrected chi connectivity index (χ3v) is 6.18. The number of imidazole rings is 1. The van der Waals surface area contributed by atoms with E-state index in [2.05, 4.69) is 25.9 Å². The van der Waals surface area contributed by atoms with Crippen LogP contribution in [0.1, 0.15) is 47.8 Å². The summed E-state index contributed by atoms with van der Waals surface area (Å²) in [5.41, 5.74) is 3.46. The highest BCUT2D eigenvalue weighted by Gasteiger charge is 2.23. The first-order valence-corrected chi connectivity index (χ1v) is 10.9. The molecular weight excluding hydrogens is 452 g/mol. The average Bonchev–Trinajstić information content (AvgIpc) is 3.10. The number of pyridine rings is 1. The van der Waals surface area contributed by atoms with Crippen LogP contribution in [0, 0.1) is 11.6 Å². The molecule has 0 N–H and O–H groups in total. The minimum absolute atomic E-state index is 0.0419. The fraction of sp³-hybridized carbons (Fsp3) is 0.348. The lowest BCUT2D eigenvalue weighted by molar-refractivity contribution is -0.120. The Labute approximate surface area is 182 Å². The zero-order chi connectivity index (χ0) is 21.1. The van der Waals surface area contributed by atoms with Gasteiger partial charge in [0.05, 0.1) is 24.3 Å². The molecule has 7 heteroatoms. The SMILES string of the molecule is O=C(C[C@@H](Cc1cc(F)cc(F)c1)c1ncccc1Br)Cn1cnc2c1CCCC2. The molecule has 156 valence electrons. The van der Waals surface area contributed by atoms with E-state index in [1.807, 2.05) is 10.6 Å². The van der Waals surface area contributed by atoms with Crippen molar-refractivity contribution >= 4 is 21.7 Å².